The highest BCUT2D eigenvalue weighted by atomic mass is 79.9. The molecule has 1 aromatic rings. The minimum atomic E-state index is -0.902. The van der Waals surface area contributed by atoms with Gasteiger partial charge in [-0.2, -0.15) is 0 Å². The summed E-state index contributed by atoms with van der Waals surface area (Å²) in [4.78, 5) is 25.9. The second-order valence-electron chi connectivity index (χ2n) is 4.39. The van der Waals surface area contributed by atoms with Crippen LogP contribution in [0.5, 0.6) is 0 Å². The summed E-state index contributed by atoms with van der Waals surface area (Å²) in [5.74, 6) is -1.27. The number of carboxylic acid groups (broad SMARTS) is 1. The van der Waals surface area contributed by atoms with Gasteiger partial charge in [-0.05, 0) is 47.8 Å². The molecule has 1 aliphatic heterocycles. The molecule has 1 amide bonds. The average molecular weight is 332 g/mol. The number of nitrogens with zero attached hydrogens (tertiary/aromatic N) is 1. The molecule has 1 N–H and O–H groups in total. The summed E-state index contributed by atoms with van der Waals surface area (Å²) in [6.45, 7) is 2.38. The van der Waals surface area contributed by atoms with Gasteiger partial charge in [0.25, 0.3) is 0 Å². The summed E-state index contributed by atoms with van der Waals surface area (Å²) in [6.07, 6.45) is 1.32. The van der Waals surface area contributed by atoms with E-state index in [0.717, 1.165) is 15.1 Å². The number of hydrogen-bond donors (Lipinski definition) is 1. The van der Waals surface area contributed by atoms with E-state index in [-0.39, 0.29) is 11.8 Å². The normalized spacial score (nSPS) is 21.0. The van der Waals surface area contributed by atoms with Gasteiger partial charge in [0.05, 0.1) is 9.70 Å². The van der Waals surface area contributed by atoms with Crippen LogP contribution in [0.4, 0.5) is 0 Å². The van der Waals surface area contributed by atoms with Crippen LogP contribution < -0.4 is 0 Å². The van der Waals surface area contributed by atoms with Crippen molar-refractivity contribution in [1.29, 1.82) is 0 Å². The Morgan fingerprint density at radius 3 is 2.83 bits per heavy atom. The Bertz CT molecular complexity index is 474. The molecule has 98 valence electrons. The summed E-state index contributed by atoms with van der Waals surface area (Å²) in [7, 11) is 0. The van der Waals surface area contributed by atoms with E-state index < -0.39 is 12.0 Å². The van der Waals surface area contributed by atoms with E-state index in [1.54, 1.807) is 0 Å². The van der Waals surface area contributed by atoms with Gasteiger partial charge in [0.2, 0.25) is 5.91 Å². The van der Waals surface area contributed by atoms with E-state index in [4.69, 9.17) is 5.11 Å². The van der Waals surface area contributed by atoms with Crippen LogP contribution in [0, 0.1) is 0 Å². The molecule has 4 nitrogen and oxygen atoms in total. The molecule has 2 unspecified atom stereocenters. The molecule has 0 radical (unpaired) electrons. The molecule has 18 heavy (non-hydrogen) atoms. The Labute approximate surface area is 118 Å². The number of carbonyl (C=O) groups excluding carboxylic acids is 1. The van der Waals surface area contributed by atoms with Crippen molar-refractivity contribution in [2.45, 2.75) is 31.7 Å². The lowest BCUT2D eigenvalue weighted by Gasteiger charge is -2.24. The van der Waals surface area contributed by atoms with Gasteiger partial charge in [-0.1, -0.05) is 0 Å². The summed E-state index contributed by atoms with van der Waals surface area (Å²) in [5, 5.41) is 9.09. The molecular formula is C12H14BrNO3S. The lowest BCUT2D eigenvalue weighted by molar-refractivity contribution is -0.148. The Morgan fingerprint density at radius 2 is 2.28 bits per heavy atom. The average Bonchev–Trinajstić information content (AvgIpc) is 2.95. The minimum absolute atomic E-state index is 0.0887. The van der Waals surface area contributed by atoms with Crippen molar-refractivity contribution in [3.63, 3.8) is 0 Å². The van der Waals surface area contributed by atoms with Gasteiger partial charge in [-0.15, -0.1) is 11.3 Å². The Morgan fingerprint density at radius 1 is 1.56 bits per heavy atom. The van der Waals surface area contributed by atoms with E-state index in [9.17, 15) is 9.59 Å². The predicted octanol–water partition coefficient (Wildman–Crippen LogP) is 2.69. The maximum atomic E-state index is 12.3. The molecule has 0 spiro atoms. The van der Waals surface area contributed by atoms with Crippen LogP contribution in [0.25, 0.3) is 0 Å². The monoisotopic (exact) mass is 331 g/mol. The van der Waals surface area contributed by atoms with Crippen molar-refractivity contribution in [3.05, 3.63) is 20.8 Å². The van der Waals surface area contributed by atoms with Gasteiger partial charge in [0.15, 0.2) is 0 Å². The Balaban J connectivity index is 2.13. The fourth-order valence-electron chi connectivity index (χ4n) is 2.22. The topological polar surface area (TPSA) is 57.6 Å². The first-order chi connectivity index (χ1) is 8.50. The van der Waals surface area contributed by atoms with Crippen molar-refractivity contribution in [3.8, 4) is 0 Å². The SMILES string of the molecule is CC(C(=O)N1CCCC1C(=O)O)c1ccc(Br)s1. The number of likely N-dealkylation sites (tertiary alicyclic amines) is 1. The molecular weight excluding hydrogens is 318 g/mol. The van der Waals surface area contributed by atoms with Crippen molar-refractivity contribution < 1.29 is 14.7 Å². The third kappa shape index (κ3) is 2.59. The van der Waals surface area contributed by atoms with Crippen LogP contribution in [-0.4, -0.2) is 34.5 Å². The van der Waals surface area contributed by atoms with E-state index in [0.29, 0.717) is 13.0 Å². The lowest BCUT2D eigenvalue weighted by Crippen LogP contribution is -2.42. The summed E-state index contributed by atoms with van der Waals surface area (Å²) >= 11 is 4.88. The molecule has 2 heterocycles. The van der Waals surface area contributed by atoms with Crippen molar-refractivity contribution in [1.82, 2.24) is 4.90 Å². The van der Waals surface area contributed by atoms with Crippen LogP contribution >= 0.6 is 27.3 Å². The van der Waals surface area contributed by atoms with Crippen LogP contribution in [0.3, 0.4) is 0 Å². The fraction of sp³-hybridized carbons (Fsp3) is 0.500. The quantitative estimate of drug-likeness (QED) is 0.926. The zero-order valence-corrected chi connectivity index (χ0v) is 12.3. The number of carboxylic acids is 1. The van der Waals surface area contributed by atoms with Crippen LogP contribution in [0.1, 0.15) is 30.6 Å². The highest BCUT2D eigenvalue weighted by Crippen LogP contribution is 2.31. The number of thiophene rings is 1. The smallest absolute Gasteiger partial charge is 0.326 e. The van der Waals surface area contributed by atoms with E-state index in [1.807, 2.05) is 19.1 Å². The summed E-state index contributed by atoms with van der Waals surface area (Å²) in [5.41, 5.74) is 0. The number of rotatable bonds is 3. The standard InChI is InChI=1S/C12H14BrNO3S/c1-7(9-4-5-10(13)18-9)11(15)14-6-2-3-8(14)12(16)17/h4-5,7-8H,2-3,6H2,1H3,(H,16,17). The van der Waals surface area contributed by atoms with Gasteiger partial charge >= 0.3 is 5.97 Å². The van der Waals surface area contributed by atoms with Gasteiger partial charge in [-0.3, -0.25) is 4.79 Å². The van der Waals surface area contributed by atoms with Crippen molar-refractivity contribution >= 4 is 39.1 Å². The molecule has 0 bridgehead atoms. The Kier molecular flexibility index (Phi) is 4.07. The third-order valence-electron chi connectivity index (χ3n) is 3.21. The molecule has 0 aliphatic carbocycles. The maximum absolute atomic E-state index is 12.3. The molecule has 6 heteroatoms. The number of hydrogen-bond acceptors (Lipinski definition) is 3. The molecule has 1 saturated heterocycles. The van der Waals surface area contributed by atoms with Gasteiger partial charge < -0.3 is 10.0 Å². The maximum Gasteiger partial charge on any atom is 0.326 e. The van der Waals surface area contributed by atoms with E-state index in [1.165, 1.54) is 16.2 Å². The molecule has 2 atom stereocenters. The zero-order valence-electron chi connectivity index (χ0n) is 9.93. The number of carbonyl (C=O) groups is 2. The largest absolute Gasteiger partial charge is 0.480 e. The predicted molar refractivity (Wildman–Crippen MR) is 72.8 cm³/mol. The van der Waals surface area contributed by atoms with E-state index in [2.05, 4.69) is 15.9 Å². The molecule has 2 rings (SSSR count). The van der Waals surface area contributed by atoms with Gasteiger partial charge in [-0.25, -0.2) is 4.79 Å². The Hall–Kier alpha value is -0.880. The zero-order chi connectivity index (χ0) is 13.3. The molecule has 1 fully saturated rings. The summed E-state index contributed by atoms with van der Waals surface area (Å²) < 4.78 is 0.980. The molecule has 1 aromatic heterocycles. The lowest BCUT2D eigenvalue weighted by atomic mass is 10.1. The van der Waals surface area contributed by atoms with Gasteiger partial charge in [0, 0.05) is 11.4 Å². The molecule has 1 aliphatic rings. The number of halogens is 1. The molecule has 0 saturated carbocycles. The number of aliphatic carboxylic acids is 1. The van der Waals surface area contributed by atoms with Crippen molar-refractivity contribution in [2.75, 3.05) is 6.54 Å². The fourth-order valence-corrected chi connectivity index (χ4v) is 3.69. The van der Waals surface area contributed by atoms with E-state index >= 15 is 0 Å². The highest BCUT2D eigenvalue weighted by molar-refractivity contribution is 9.11. The second-order valence-corrected chi connectivity index (χ2v) is 6.89. The second kappa shape index (κ2) is 5.40. The first-order valence-electron chi connectivity index (χ1n) is 5.79. The van der Waals surface area contributed by atoms with Crippen LogP contribution in [0.15, 0.2) is 15.9 Å². The summed E-state index contributed by atoms with van der Waals surface area (Å²) in [6, 6.07) is 3.16. The number of amides is 1. The van der Waals surface area contributed by atoms with Crippen molar-refractivity contribution in [2.24, 2.45) is 0 Å². The van der Waals surface area contributed by atoms with Crippen LogP contribution in [-0.2, 0) is 9.59 Å². The van der Waals surface area contributed by atoms with Crippen LogP contribution in [0.2, 0.25) is 0 Å². The third-order valence-corrected chi connectivity index (χ3v) is 5.02. The first-order valence-corrected chi connectivity index (χ1v) is 7.40. The minimum Gasteiger partial charge on any atom is -0.480 e. The van der Waals surface area contributed by atoms with Gasteiger partial charge in [0.1, 0.15) is 6.04 Å². The first kappa shape index (κ1) is 13.5. The molecule has 0 aromatic carbocycles. The highest BCUT2D eigenvalue weighted by Gasteiger charge is 2.36.